The minimum absolute atomic E-state index is 0.200. The van der Waals surface area contributed by atoms with E-state index in [9.17, 15) is 0 Å². The van der Waals surface area contributed by atoms with Gasteiger partial charge in [0.25, 0.3) is 0 Å². The van der Waals surface area contributed by atoms with Crippen LogP contribution in [0.3, 0.4) is 0 Å². The molecule has 0 radical (unpaired) electrons. The van der Waals surface area contributed by atoms with Crippen molar-refractivity contribution in [1.29, 1.82) is 0 Å². The molecule has 6 heteroatoms. The highest BCUT2D eigenvalue weighted by molar-refractivity contribution is 7.80. The first kappa shape index (κ1) is 12.4. The summed E-state index contributed by atoms with van der Waals surface area (Å²) < 4.78 is 0. The zero-order chi connectivity index (χ0) is 11.8. The van der Waals surface area contributed by atoms with E-state index < -0.39 is 0 Å². The molecule has 4 N–H and O–H groups in total. The first-order valence-corrected chi connectivity index (χ1v) is 5.30. The summed E-state index contributed by atoms with van der Waals surface area (Å²) >= 11 is 4.72. The Hall–Kier alpha value is -1.69. The third-order valence-electron chi connectivity index (χ3n) is 1.86. The summed E-state index contributed by atoms with van der Waals surface area (Å²) in [6.45, 7) is 0.722. The van der Waals surface area contributed by atoms with Crippen LogP contribution < -0.4 is 16.4 Å². The van der Waals surface area contributed by atoms with E-state index in [0.717, 1.165) is 18.7 Å². The van der Waals surface area contributed by atoms with E-state index in [1.165, 1.54) is 0 Å². The molecule has 16 heavy (non-hydrogen) atoms. The molecule has 0 aliphatic heterocycles. The van der Waals surface area contributed by atoms with Crippen LogP contribution in [-0.2, 0) is 6.42 Å². The second-order valence-corrected chi connectivity index (χ2v) is 3.50. The maximum absolute atomic E-state index is 5.34. The second-order valence-electron chi connectivity index (χ2n) is 3.06. The van der Waals surface area contributed by atoms with Crippen LogP contribution in [0, 0.1) is 0 Å². The van der Waals surface area contributed by atoms with E-state index in [1.54, 1.807) is 13.2 Å². The SMILES string of the molecule is CN=C(NCCc1ccccn1)NC(N)=S. The second kappa shape index (κ2) is 6.73. The number of aliphatic imine (C=N–C) groups is 1. The van der Waals surface area contributed by atoms with Crippen LogP contribution in [0.2, 0.25) is 0 Å². The van der Waals surface area contributed by atoms with Crippen LogP contribution in [0.15, 0.2) is 29.4 Å². The normalized spacial score (nSPS) is 10.9. The van der Waals surface area contributed by atoms with Crippen molar-refractivity contribution in [3.63, 3.8) is 0 Å². The lowest BCUT2D eigenvalue weighted by molar-refractivity contribution is 0.826. The fourth-order valence-corrected chi connectivity index (χ4v) is 1.25. The number of thiocarbonyl (C=S) groups is 1. The van der Waals surface area contributed by atoms with Gasteiger partial charge in [-0.1, -0.05) is 6.07 Å². The molecule has 0 aliphatic carbocycles. The van der Waals surface area contributed by atoms with Crippen LogP contribution in [0.5, 0.6) is 0 Å². The van der Waals surface area contributed by atoms with Crippen molar-refractivity contribution in [2.45, 2.75) is 6.42 Å². The van der Waals surface area contributed by atoms with Crippen LogP contribution >= 0.6 is 12.2 Å². The molecule has 0 spiro atoms. The number of rotatable bonds is 3. The monoisotopic (exact) mass is 237 g/mol. The summed E-state index contributed by atoms with van der Waals surface area (Å²) in [6.07, 6.45) is 2.59. The number of aromatic nitrogens is 1. The van der Waals surface area contributed by atoms with Crippen LogP contribution in [0.4, 0.5) is 0 Å². The maximum Gasteiger partial charge on any atom is 0.197 e. The molecular formula is C10H15N5S. The molecule has 1 aromatic rings. The Morgan fingerprint density at radius 3 is 2.94 bits per heavy atom. The summed E-state index contributed by atoms with van der Waals surface area (Å²) in [6, 6.07) is 5.83. The molecule has 1 heterocycles. The van der Waals surface area contributed by atoms with Gasteiger partial charge in [-0.2, -0.15) is 0 Å². The van der Waals surface area contributed by atoms with Crippen molar-refractivity contribution in [3.05, 3.63) is 30.1 Å². The van der Waals surface area contributed by atoms with Gasteiger partial charge in [0.1, 0.15) is 0 Å². The molecule has 0 amide bonds. The Balaban J connectivity index is 2.32. The molecule has 0 fully saturated rings. The van der Waals surface area contributed by atoms with Crippen molar-refractivity contribution >= 4 is 23.3 Å². The predicted octanol–water partition coefficient (Wildman–Crippen LogP) is 0.0327. The lowest BCUT2D eigenvalue weighted by atomic mass is 10.3. The van der Waals surface area contributed by atoms with Gasteiger partial charge in [0, 0.05) is 31.9 Å². The highest BCUT2D eigenvalue weighted by atomic mass is 32.1. The van der Waals surface area contributed by atoms with Crippen molar-refractivity contribution in [3.8, 4) is 0 Å². The fourth-order valence-electron chi connectivity index (χ4n) is 1.15. The largest absolute Gasteiger partial charge is 0.376 e. The first-order chi connectivity index (χ1) is 7.72. The van der Waals surface area contributed by atoms with Gasteiger partial charge in [-0.05, 0) is 24.4 Å². The third-order valence-corrected chi connectivity index (χ3v) is 1.97. The molecule has 86 valence electrons. The molecule has 1 rings (SSSR count). The minimum Gasteiger partial charge on any atom is -0.376 e. The predicted molar refractivity (Wildman–Crippen MR) is 69.2 cm³/mol. The maximum atomic E-state index is 5.34. The van der Waals surface area contributed by atoms with E-state index in [-0.39, 0.29) is 5.11 Å². The zero-order valence-electron chi connectivity index (χ0n) is 9.10. The molecule has 1 aromatic heterocycles. The number of hydrogen-bond acceptors (Lipinski definition) is 3. The summed E-state index contributed by atoms with van der Waals surface area (Å²) in [5.74, 6) is 0.573. The molecule has 0 aromatic carbocycles. The van der Waals surface area contributed by atoms with E-state index in [0.29, 0.717) is 5.96 Å². The Bertz CT molecular complexity index is 363. The average molecular weight is 237 g/mol. The third kappa shape index (κ3) is 4.70. The summed E-state index contributed by atoms with van der Waals surface area (Å²) in [7, 11) is 1.66. The zero-order valence-corrected chi connectivity index (χ0v) is 9.92. The van der Waals surface area contributed by atoms with Gasteiger partial charge in [0.2, 0.25) is 0 Å². The number of nitrogens with zero attached hydrogens (tertiary/aromatic N) is 2. The molecule has 0 saturated carbocycles. The molecular weight excluding hydrogens is 222 g/mol. The summed E-state index contributed by atoms with van der Waals surface area (Å²) in [5, 5.41) is 6.02. The molecule has 0 aliphatic rings. The fraction of sp³-hybridized carbons (Fsp3) is 0.300. The van der Waals surface area contributed by atoms with E-state index in [4.69, 9.17) is 18.0 Å². The number of pyridine rings is 1. The Morgan fingerprint density at radius 1 is 1.56 bits per heavy atom. The van der Waals surface area contributed by atoms with Crippen LogP contribution in [0.25, 0.3) is 0 Å². The number of guanidine groups is 1. The lowest BCUT2D eigenvalue weighted by Crippen LogP contribution is -2.44. The first-order valence-electron chi connectivity index (χ1n) is 4.89. The van der Waals surface area contributed by atoms with E-state index in [1.807, 2.05) is 18.2 Å². The van der Waals surface area contributed by atoms with Crippen LogP contribution in [-0.4, -0.2) is 29.6 Å². The van der Waals surface area contributed by atoms with Crippen molar-refractivity contribution in [1.82, 2.24) is 15.6 Å². The molecule has 0 bridgehead atoms. The highest BCUT2D eigenvalue weighted by Crippen LogP contribution is 1.92. The van der Waals surface area contributed by atoms with E-state index >= 15 is 0 Å². The molecule has 5 nitrogen and oxygen atoms in total. The topological polar surface area (TPSA) is 75.3 Å². The Kier molecular flexibility index (Phi) is 5.21. The summed E-state index contributed by atoms with van der Waals surface area (Å²) in [5.41, 5.74) is 6.37. The van der Waals surface area contributed by atoms with Crippen LogP contribution in [0.1, 0.15) is 5.69 Å². The smallest absolute Gasteiger partial charge is 0.197 e. The van der Waals surface area contributed by atoms with Crippen molar-refractivity contribution in [2.75, 3.05) is 13.6 Å². The standard InChI is InChI=1S/C10H15N5S/c1-12-10(15-9(11)16)14-7-5-8-4-2-3-6-13-8/h2-4,6H,5,7H2,1H3,(H4,11,12,14,15,16). The van der Waals surface area contributed by atoms with Gasteiger partial charge in [-0.25, -0.2) is 0 Å². The van der Waals surface area contributed by atoms with Crippen molar-refractivity contribution in [2.24, 2.45) is 10.7 Å². The Morgan fingerprint density at radius 2 is 2.38 bits per heavy atom. The molecule has 0 atom stereocenters. The van der Waals surface area contributed by atoms with Gasteiger partial charge < -0.3 is 16.4 Å². The number of hydrogen-bond donors (Lipinski definition) is 3. The number of nitrogens with two attached hydrogens (primary N) is 1. The van der Waals surface area contributed by atoms with Gasteiger partial charge in [-0.15, -0.1) is 0 Å². The minimum atomic E-state index is 0.200. The number of nitrogens with one attached hydrogen (secondary N) is 2. The van der Waals surface area contributed by atoms with Gasteiger partial charge in [0.05, 0.1) is 0 Å². The van der Waals surface area contributed by atoms with E-state index in [2.05, 4.69) is 20.6 Å². The Labute approximate surface area is 100 Å². The average Bonchev–Trinajstić information content (AvgIpc) is 2.28. The highest BCUT2D eigenvalue weighted by Gasteiger charge is 1.98. The van der Waals surface area contributed by atoms with Crippen molar-refractivity contribution < 1.29 is 0 Å². The lowest BCUT2D eigenvalue weighted by Gasteiger charge is -2.09. The molecule has 0 saturated heterocycles. The van der Waals surface area contributed by atoms with Gasteiger partial charge in [0.15, 0.2) is 11.1 Å². The molecule has 0 unspecified atom stereocenters. The summed E-state index contributed by atoms with van der Waals surface area (Å²) in [4.78, 5) is 8.18. The van der Waals surface area contributed by atoms with Gasteiger partial charge in [-0.3, -0.25) is 9.98 Å². The quantitative estimate of drug-likeness (QED) is 0.393. The van der Waals surface area contributed by atoms with Gasteiger partial charge >= 0.3 is 0 Å².